The maximum atomic E-state index is 10.2. The normalized spacial score (nSPS) is 28.0. The second kappa shape index (κ2) is 5.29. The van der Waals surface area contributed by atoms with Crippen LogP contribution in [0.25, 0.3) is 0 Å². The van der Waals surface area contributed by atoms with Crippen molar-refractivity contribution < 1.29 is 5.11 Å². The molecule has 0 amide bonds. The van der Waals surface area contributed by atoms with Gasteiger partial charge in [-0.1, -0.05) is 12.1 Å². The van der Waals surface area contributed by atoms with Crippen LogP contribution in [0.2, 0.25) is 0 Å². The molecule has 0 radical (unpaired) electrons. The Balaban J connectivity index is 1.64. The zero-order valence-corrected chi connectivity index (χ0v) is 13.7. The molecule has 3 unspecified atom stereocenters. The number of nitrogens with zero attached hydrogens (tertiary/aromatic N) is 2. The third kappa shape index (κ3) is 2.95. The summed E-state index contributed by atoms with van der Waals surface area (Å²) in [6, 6.07) is 9.06. The molecule has 3 nitrogen and oxygen atoms in total. The smallest absolute Gasteiger partial charge is 0.0743 e. The molecule has 0 aliphatic carbocycles. The first-order valence-electron chi connectivity index (χ1n) is 8.12. The summed E-state index contributed by atoms with van der Waals surface area (Å²) >= 11 is 0. The van der Waals surface area contributed by atoms with Gasteiger partial charge in [0.05, 0.1) is 5.60 Å². The molecule has 0 aromatic heterocycles. The van der Waals surface area contributed by atoms with Crippen molar-refractivity contribution in [3.05, 3.63) is 29.8 Å². The highest BCUT2D eigenvalue weighted by molar-refractivity contribution is 5.49. The molecule has 1 aromatic carbocycles. The van der Waals surface area contributed by atoms with Gasteiger partial charge in [-0.2, -0.15) is 0 Å². The minimum atomic E-state index is -0.616. The van der Waals surface area contributed by atoms with Crippen molar-refractivity contribution in [2.24, 2.45) is 11.8 Å². The second-order valence-corrected chi connectivity index (χ2v) is 7.55. The molecular weight excluding hydrogens is 260 g/mol. The summed E-state index contributed by atoms with van der Waals surface area (Å²) in [6.07, 6.45) is 0. The van der Waals surface area contributed by atoms with Crippen LogP contribution in [0, 0.1) is 18.8 Å². The van der Waals surface area contributed by atoms with E-state index >= 15 is 0 Å². The maximum absolute atomic E-state index is 10.2. The van der Waals surface area contributed by atoms with Crippen molar-refractivity contribution in [1.29, 1.82) is 0 Å². The van der Waals surface area contributed by atoms with Gasteiger partial charge < -0.3 is 10.0 Å². The monoisotopic (exact) mass is 288 g/mol. The molecule has 0 spiro atoms. The van der Waals surface area contributed by atoms with Gasteiger partial charge in [-0.25, -0.2) is 0 Å². The van der Waals surface area contributed by atoms with Crippen molar-refractivity contribution in [3.8, 4) is 0 Å². The van der Waals surface area contributed by atoms with Crippen LogP contribution in [0.1, 0.15) is 26.3 Å². The van der Waals surface area contributed by atoms with Crippen molar-refractivity contribution in [2.75, 3.05) is 31.1 Å². The number of aliphatic hydroxyl groups is 1. The van der Waals surface area contributed by atoms with Crippen LogP contribution in [-0.4, -0.2) is 47.8 Å². The van der Waals surface area contributed by atoms with Crippen molar-refractivity contribution in [2.45, 2.75) is 39.3 Å². The number of benzene rings is 1. The molecule has 3 rings (SSSR count). The summed E-state index contributed by atoms with van der Waals surface area (Å²) < 4.78 is 0. The van der Waals surface area contributed by atoms with Gasteiger partial charge in [0.1, 0.15) is 0 Å². The van der Waals surface area contributed by atoms with Gasteiger partial charge in [-0.05, 0) is 57.2 Å². The van der Waals surface area contributed by atoms with E-state index in [-0.39, 0.29) is 6.04 Å². The van der Waals surface area contributed by atoms with E-state index in [1.54, 1.807) is 0 Å². The van der Waals surface area contributed by atoms with Crippen molar-refractivity contribution >= 4 is 5.69 Å². The molecular formula is C18H28N2O. The van der Waals surface area contributed by atoms with Crippen LogP contribution in [0.5, 0.6) is 0 Å². The van der Waals surface area contributed by atoms with Crippen molar-refractivity contribution in [3.63, 3.8) is 0 Å². The van der Waals surface area contributed by atoms with E-state index in [4.69, 9.17) is 0 Å². The van der Waals surface area contributed by atoms with Crippen LogP contribution in [-0.2, 0) is 0 Å². The number of rotatable bonds is 3. The maximum Gasteiger partial charge on any atom is 0.0743 e. The number of hydrogen-bond acceptors (Lipinski definition) is 3. The lowest BCUT2D eigenvalue weighted by Gasteiger charge is -2.35. The Bertz CT molecular complexity index is 494. The quantitative estimate of drug-likeness (QED) is 0.926. The molecule has 2 saturated heterocycles. The molecule has 3 atom stereocenters. The van der Waals surface area contributed by atoms with E-state index in [1.165, 1.54) is 11.3 Å². The van der Waals surface area contributed by atoms with Crippen LogP contribution in [0.15, 0.2) is 24.3 Å². The van der Waals surface area contributed by atoms with E-state index < -0.39 is 5.60 Å². The Morgan fingerprint density at radius 1 is 1.14 bits per heavy atom. The average molecular weight is 288 g/mol. The lowest BCUT2D eigenvalue weighted by atomic mass is 9.99. The highest BCUT2D eigenvalue weighted by atomic mass is 16.3. The van der Waals surface area contributed by atoms with E-state index in [0.717, 1.165) is 38.0 Å². The number of likely N-dealkylation sites (tertiary alicyclic amines) is 1. The zero-order chi connectivity index (χ0) is 15.2. The molecule has 2 fully saturated rings. The zero-order valence-electron chi connectivity index (χ0n) is 13.7. The fraction of sp³-hybridized carbons (Fsp3) is 0.667. The van der Waals surface area contributed by atoms with Gasteiger partial charge in [0.15, 0.2) is 0 Å². The summed E-state index contributed by atoms with van der Waals surface area (Å²) in [6.45, 7) is 12.7. The predicted molar refractivity (Wildman–Crippen MR) is 87.7 cm³/mol. The summed E-state index contributed by atoms with van der Waals surface area (Å²) in [4.78, 5) is 5.01. The lowest BCUT2D eigenvalue weighted by molar-refractivity contribution is -0.00539. The second-order valence-electron chi connectivity index (χ2n) is 7.55. The minimum Gasteiger partial charge on any atom is -0.389 e. The number of aryl methyl sites for hydroxylation is 1. The summed E-state index contributed by atoms with van der Waals surface area (Å²) in [5.74, 6) is 1.49. The van der Waals surface area contributed by atoms with Crippen LogP contribution in [0.4, 0.5) is 5.69 Å². The van der Waals surface area contributed by atoms with E-state index in [0.29, 0.717) is 0 Å². The summed E-state index contributed by atoms with van der Waals surface area (Å²) in [5, 5.41) is 10.2. The average Bonchev–Trinajstić information content (AvgIpc) is 2.94. The van der Waals surface area contributed by atoms with Gasteiger partial charge in [0.25, 0.3) is 0 Å². The number of hydrogen-bond donors (Lipinski definition) is 1. The Kier molecular flexibility index (Phi) is 3.74. The van der Waals surface area contributed by atoms with E-state index in [9.17, 15) is 5.11 Å². The Labute approximate surface area is 128 Å². The molecule has 0 bridgehead atoms. The van der Waals surface area contributed by atoms with E-state index in [2.05, 4.69) is 47.9 Å². The third-order valence-corrected chi connectivity index (χ3v) is 5.45. The van der Waals surface area contributed by atoms with Gasteiger partial charge in [-0.15, -0.1) is 0 Å². The largest absolute Gasteiger partial charge is 0.389 e. The first-order chi connectivity index (χ1) is 9.84. The molecule has 21 heavy (non-hydrogen) atoms. The lowest BCUT2D eigenvalue weighted by Crippen LogP contribution is -2.47. The van der Waals surface area contributed by atoms with Crippen LogP contribution >= 0.6 is 0 Å². The SMILES string of the molecule is Cc1cccc(N2CC3CN(C(C)C(C)(C)O)CC3C2)c1. The van der Waals surface area contributed by atoms with Crippen molar-refractivity contribution in [1.82, 2.24) is 4.90 Å². The Morgan fingerprint density at radius 2 is 1.76 bits per heavy atom. The number of anilines is 1. The molecule has 3 heteroatoms. The third-order valence-electron chi connectivity index (χ3n) is 5.45. The first kappa shape index (κ1) is 14.9. The van der Waals surface area contributed by atoms with Gasteiger partial charge in [0.2, 0.25) is 0 Å². The van der Waals surface area contributed by atoms with Gasteiger partial charge in [-0.3, -0.25) is 4.90 Å². The highest BCUT2D eigenvalue weighted by Crippen LogP contribution is 2.36. The molecule has 116 valence electrons. The molecule has 0 saturated carbocycles. The van der Waals surface area contributed by atoms with Gasteiger partial charge in [0, 0.05) is 37.9 Å². The number of fused-ring (bicyclic) bond motifs is 1. The van der Waals surface area contributed by atoms with E-state index in [1.807, 2.05) is 13.8 Å². The molecule has 1 aromatic rings. The highest BCUT2D eigenvalue weighted by Gasteiger charge is 2.43. The Morgan fingerprint density at radius 3 is 2.29 bits per heavy atom. The summed E-state index contributed by atoms with van der Waals surface area (Å²) in [5.41, 5.74) is 2.09. The molecule has 1 N–H and O–H groups in total. The molecule has 2 aliphatic rings. The Hall–Kier alpha value is -1.06. The predicted octanol–water partition coefficient (Wildman–Crippen LogP) is 2.52. The first-order valence-corrected chi connectivity index (χ1v) is 8.12. The minimum absolute atomic E-state index is 0.232. The van der Waals surface area contributed by atoms with Crippen LogP contribution in [0.3, 0.4) is 0 Å². The topological polar surface area (TPSA) is 26.7 Å². The molecule has 2 aliphatic heterocycles. The standard InChI is InChI=1S/C18H28N2O/c1-13-6-5-7-17(8-13)20-11-15-9-19(10-16(15)12-20)14(2)18(3,4)21/h5-8,14-16,21H,9-12H2,1-4H3. The fourth-order valence-electron chi connectivity index (χ4n) is 3.83. The fourth-order valence-corrected chi connectivity index (χ4v) is 3.83. The molecule has 2 heterocycles. The van der Waals surface area contributed by atoms with Gasteiger partial charge >= 0.3 is 0 Å². The van der Waals surface area contributed by atoms with Crippen LogP contribution < -0.4 is 4.90 Å². The summed E-state index contributed by atoms with van der Waals surface area (Å²) in [7, 11) is 0.